The number of anilines is 1. The molecule has 0 radical (unpaired) electrons. The van der Waals surface area contributed by atoms with E-state index in [4.69, 9.17) is 0 Å². The van der Waals surface area contributed by atoms with Gasteiger partial charge in [0.1, 0.15) is 0 Å². The van der Waals surface area contributed by atoms with Crippen LogP contribution in [0, 0.1) is 6.92 Å². The van der Waals surface area contributed by atoms with E-state index in [1.807, 2.05) is 13.1 Å². The van der Waals surface area contributed by atoms with Gasteiger partial charge in [0.05, 0.1) is 0 Å². The Kier molecular flexibility index (Phi) is 2.13. The van der Waals surface area contributed by atoms with E-state index in [0.29, 0.717) is 0 Å². The molecular formula is C14H14N2. The number of rotatable bonds is 1. The molecule has 1 N–H and O–H groups in total. The summed E-state index contributed by atoms with van der Waals surface area (Å²) in [7, 11) is 0. The van der Waals surface area contributed by atoms with Crippen molar-refractivity contribution in [2.75, 3.05) is 11.9 Å². The molecule has 0 saturated carbocycles. The fourth-order valence-electron chi connectivity index (χ4n) is 2.20. The van der Waals surface area contributed by atoms with E-state index in [2.05, 4.69) is 40.6 Å². The number of hydrogen-bond donors (Lipinski definition) is 1. The molecule has 80 valence electrons. The number of aromatic nitrogens is 1. The van der Waals surface area contributed by atoms with E-state index in [1.165, 1.54) is 22.4 Å². The Morgan fingerprint density at radius 2 is 2.00 bits per heavy atom. The quantitative estimate of drug-likeness (QED) is 0.782. The smallest absolute Gasteiger partial charge is 0.0379 e. The Hall–Kier alpha value is -1.83. The molecule has 3 rings (SSSR count). The van der Waals surface area contributed by atoms with Gasteiger partial charge in [0, 0.05) is 24.1 Å². The van der Waals surface area contributed by atoms with E-state index in [0.717, 1.165) is 18.7 Å². The summed E-state index contributed by atoms with van der Waals surface area (Å²) in [5, 5.41) is 3.41. The first-order valence-electron chi connectivity index (χ1n) is 5.63. The van der Waals surface area contributed by atoms with Gasteiger partial charge in [-0.2, -0.15) is 0 Å². The maximum atomic E-state index is 4.22. The van der Waals surface area contributed by atoms with Crippen molar-refractivity contribution in [2.45, 2.75) is 13.3 Å². The lowest BCUT2D eigenvalue weighted by Gasteiger charge is -2.05. The van der Waals surface area contributed by atoms with E-state index in [-0.39, 0.29) is 0 Å². The molecule has 2 aromatic rings. The minimum Gasteiger partial charge on any atom is -0.384 e. The molecule has 0 saturated heterocycles. The second-order valence-corrected chi connectivity index (χ2v) is 4.23. The molecule has 1 aromatic heterocycles. The van der Waals surface area contributed by atoms with Crippen molar-refractivity contribution in [2.24, 2.45) is 0 Å². The first-order valence-corrected chi connectivity index (χ1v) is 5.63. The molecular weight excluding hydrogens is 196 g/mol. The lowest BCUT2D eigenvalue weighted by atomic mass is 10.0. The number of hydrogen-bond acceptors (Lipinski definition) is 2. The maximum absolute atomic E-state index is 4.22. The third-order valence-electron chi connectivity index (χ3n) is 3.05. The predicted octanol–water partition coefficient (Wildman–Crippen LogP) is 3.03. The average molecular weight is 210 g/mol. The average Bonchev–Trinajstić information content (AvgIpc) is 2.75. The molecule has 0 fully saturated rings. The molecule has 16 heavy (non-hydrogen) atoms. The zero-order valence-electron chi connectivity index (χ0n) is 9.33. The van der Waals surface area contributed by atoms with Crippen molar-refractivity contribution in [3.8, 4) is 11.1 Å². The Bertz CT molecular complexity index is 532. The lowest BCUT2D eigenvalue weighted by molar-refractivity contribution is 1.11. The number of nitrogens with zero attached hydrogens (tertiary/aromatic N) is 1. The molecule has 2 nitrogen and oxygen atoms in total. The van der Waals surface area contributed by atoms with Gasteiger partial charge in [0.25, 0.3) is 0 Å². The highest BCUT2D eigenvalue weighted by Gasteiger charge is 2.10. The Morgan fingerprint density at radius 3 is 2.88 bits per heavy atom. The Labute approximate surface area is 95.3 Å². The molecule has 0 atom stereocenters. The fraction of sp³-hybridized carbons (Fsp3) is 0.214. The summed E-state index contributed by atoms with van der Waals surface area (Å²) in [5.41, 5.74) is 6.27. The van der Waals surface area contributed by atoms with Gasteiger partial charge in [-0.05, 0) is 48.2 Å². The lowest BCUT2D eigenvalue weighted by Crippen LogP contribution is -1.91. The van der Waals surface area contributed by atoms with Crippen LogP contribution >= 0.6 is 0 Å². The van der Waals surface area contributed by atoms with E-state index in [9.17, 15) is 0 Å². The molecule has 0 bridgehead atoms. The standard InChI is InChI=1S/C14H14N2/c1-10-8-13(5-6-15-10)12-3-2-11-4-7-16-14(11)9-12/h2-3,5-6,8-9,16H,4,7H2,1H3. The van der Waals surface area contributed by atoms with Crippen LogP contribution in [-0.4, -0.2) is 11.5 Å². The van der Waals surface area contributed by atoms with Gasteiger partial charge >= 0.3 is 0 Å². The Balaban J connectivity index is 2.07. The summed E-state index contributed by atoms with van der Waals surface area (Å²) in [6.45, 7) is 3.09. The number of pyridine rings is 1. The molecule has 2 heteroatoms. The summed E-state index contributed by atoms with van der Waals surface area (Å²) in [6.07, 6.45) is 3.01. The fourth-order valence-corrected chi connectivity index (χ4v) is 2.20. The van der Waals surface area contributed by atoms with Crippen molar-refractivity contribution in [1.82, 2.24) is 4.98 Å². The van der Waals surface area contributed by atoms with Crippen LogP contribution < -0.4 is 5.32 Å². The van der Waals surface area contributed by atoms with Gasteiger partial charge in [-0.1, -0.05) is 12.1 Å². The maximum Gasteiger partial charge on any atom is 0.0379 e. The summed E-state index contributed by atoms with van der Waals surface area (Å²) in [4.78, 5) is 4.22. The highest BCUT2D eigenvalue weighted by atomic mass is 14.9. The second kappa shape index (κ2) is 3.63. The van der Waals surface area contributed by atoms with Crippen LogP contribution in [0.5, 0.6) is 0 Å². The van der Waals surface area contributed by atoms with Crippen molar-refractivity contribution >= 4 is 5.69 Å². The Morgan fingerprint density at radius 1 is 1.12 bits per heavy atom. The number of nitrogens with one attached hydrogen (secondary N) is 1. The third kappa shape index (κ3) is 1.56. The van der Waals surface area contributed by atoms with Crippen LogP contribution in [0.1, 0.15) is 11.3 Å². The first kappa shape index (κ1) is 9.40. The van der Waals surface area contributed by atoms with Crippen molar-refractivity contribution < 1.29 is 0 Å². The van der Waals surface area contributed by atoms with Gasteiger partial charge in [0.2, 0.25) is 0 Å². The number of fused-ring (bicyclic) bond motifs is 1. The topological polar surface area (TPSA) is 24.9 Å². The summed E-state index contributed by atoms with van der Waals surface area (Å²) in [5.74, 6) is 0. The summed E-state index contributed by atoms with van der Waals surface area (Å²) in [6, 6.07) is 10.8. The molecule has 1 aliphatic rings. The van der Waals surface area contributed by atoms with Crippen molar-refractivity contribution in [3.63, 3.8) is 0 Å². The molecule has 0 amide bonds. The van der Waals surface area contributed by atoms with Gasteiger partial charge in [0.15, 0.2) is 0 Å². The predicted molar refractivity (Wildman–Crippen MR) is 66.6 cm³/mol. The molecule has 1 aliphatic heterocycles. The number of benzene rings is 1. The first-order chi connectivity index (χ1) is 7.83. The van der Waals surface area contributed by atoms with E-state index in [1.54, 1.807) is 0 Å². The largest absolute Gasteiger partial charge is 0.384 e. The molecule has 2 heterocycles. The van der Waals surface area contributed by atoms with Crippen LogP contribution in [0.15, 0.2) is 36.5 Å². The SMILES string of the molecule is Cc1cc(-c2ccc3c(c2)NCC3)ccn1. The molecule has 0 unspecified atom stereocenters. The van der Waals surface area contributed by atoms with Crippen molar-refractivity contribution in [3.05, 3.63) is 47.8 Å². The van der Waals surface area contributed by atoms with Crippen LogP contribution in [0.2, 0.25) is 0 Å². The van der Waals surface area contributed by atoms with E-state index >= 15 is 0 Å². The minimum absolute atomic E-state index is 1.06. The third-order valence-corrected chi connectivity index (χ3v) is 3.05. The highest BCUT2D eigenvalue weighted by molar-refractivity contribution is 5.71. The second-order valence-electron chi connectivity index (χ2n) is 4.23. The number of aryl methyl sites for hydroxylation is 1. The van der Waals surface area contributed by atoms with Crippen molar-refractivity contribution in [1.29, 1.82) is 0 Å². The van der Waals surface area contributed by atoms with Gasteiger partial charge in [-0.25, -0.2) is 0 Å². The molecule has 0 aliphatic carbocycles. The summed E-state index contributed by atoms with van der Waals surface area (Å²) < 4.78 is 0. The zero-order chi connectivity index (χ0) is 11.0. The molecule has 1 aromatic carbocycles. The van der Waals surface area contributed by atoms with Gasteiger partial charge in [-0.15, -0.1) is 0 Å². The van der Waals surface area contributed by atoms with Crippen LogP contribution in [0.25, 0.3) is 11.1 Å². The normalized spacial score (nSPS) is 13.3. The van der Waals surface area contributed by atoms with E-state index < -0.39 is 0 Å². The van der Waals surface area contributed by atoms with Crippen LogP contribution in [0.4, 0.5) is 5.69 Å². The summed E-state index contributed by atoms with van der Waals surface area (Å²) >= 11 is 0. The monoisotopic (exact) mass is 210 g/mol. The van der Waals surface area contributed by atoms with Gasteiger partial charge in [-0.3, -0.25) is 4.98 Å². The van der Waals surface area contributed by atoms with Gasteiger partial charge < -0.3 is 5.32 Å². The van der Waals surface area contributed by atoms with Crippen LogP contribution in [0.3, 0.4) is 0 Å². The highest BCUT2D eigenvalue weighted by Crippen LogP contribution is 2.28. The zero-order valence-corrected chi connectivity index (χ0v) is 9.33. The molecule has 0 spiro atoms. The van der Waals surface area contributed by atoms with Crippen LogP contribution in [-0.2, 0) is 6.42 Å². The minimum atomic E-state index is 1.06.